The average molecular weight is 254 g/mol. The molecule has 0 nitrogen and oxygen atoms in total. The van der Waals surface area contributed by atoms with Crippen LogP contribution in [0.25, 0.3) is 11.1 Å². The fourth-order valence-electron chi connectivity index (χ4n) is 1.78. The van der Waals surface area contributed by atoms with Gasteiger partial charge in [-0.2, -0.15) is 13.2 Å². The molecule has 0 saturated heterocycles. The van der Waals surface area contributed by atoms with Gasteiger partial charge >= 0.3 is 6.18 Å². The summed E-state index contributed by atoms with van der Waals surface area (Å²) in [6.07, 6.45) is -4.39. The Morgan fingerprint density at radius 2 is 1.61 bits per heavy atom. The highest BCUT2D eigenvalue weighted by atomic mass is 19.4. The van der Waals surface area contributed by atoms with Crippen LogP contribution in [-0.2, 0) is 6.18 Å². The van der Waals surface area contributed by atoms with Crippen LogP contribution >= 0.6 is 0 Å². The topological polar surface area (TPSA) is 0 Å². The van der Waals surface area contributed by atoms with E-state index in [4.69, 9.17) is 0 Å². The Labute approximate surface area is 102 Å². The van der Waals surface area contributed by atoms with Crippen LogP contribution in [-0.4, -0.2) is 0 Å². The minimum atomic E-state index is -4.39. The molecule has 0 heterocycles. The Kier molecular flexibility index (Phi) is 3.11. The molecule has 0 spiro atoms. The van der Waals surface area contributed by atoms with E-state index in [1.165, 1.54) is 24.3 Å². The highest BCUT2D eigenvalue weighted by Gasteiger charge is 2.30. The lowest BCUT2D eigenvalue weighted by Gasteiger charge is -2.09. The second kappa shape index (κ2) is 4.44. The first-order valence-electron chi connectivity index (χ1n) is 5.31. The maximum absolute atomic E-state index is 13.2. The van der Waals surface area contributed by atoms with Gasteiger partial charge in [-0.05, 0) is 47.9 Å². The van der Waals surface area contributed by atoms with Crippen LogP contribution in [0.2, 0.25) is 0 Å². The van der Waals surface area contributed by atoms with Gasteiger partial charge in [0.15, 0.2) is 0 Å². The van der Waals surface area contributed by atoms with Crippen LogP contribution in [0.3, 0.4) is 0 Å². The molecule has 0 fully saturated rings. The molecule has 0 aliphatic heterocycles. The molecule has 0 radical (unpaired) electrons. The summed E-state index contributed by atoms with van der Waals surface area (Å²) in [7, 11) is 0. The van der Waals surface area contributed by atoms with Gasteiger partial charge in [0.1, 0.15) is 5.82 Å². The van der Waals surface area contributed by atoms with Crippen LogP contribution in [0.4, 0.5) is 17.6 Å². The van der Waals surface area contributed by atoms with E-state index in [0.29, 0.717) is 16.7 Å². The van der Waals surface area contributed by atoms with Gasteiger partial charge in [0.25, 0.3) is 0 Å². The van der Waals surface area contributed by atoms with E-state index in [9.17, 15) is 17.6 Å². The highest BCUT2D eigenvalue weighted by Crippen LogP contribution is 2.32. The SMILES string of the molecule is Cc1cc(F)cc(-c2cccc(C(F)(F)F)c2)c1. The van der Waals surface area contributed by atoms with Crippen molar-refractivity contribution >= 4 is 0 Å². The van der Waals surface area contributed by atoms with Crippen molar-refractivity contribution in [3.05, 3.63) is 59.4 Å². The normalized spacial score (nSPS) is 11.6. The molecule has 4 heteroatoms. The molecule has 94 valence electrons. The van der Waals surface area contributed by atoms with E-state index in [-0.39, 0.29) is 0 Å². The molecular weight excluding hydrogens is 244 g/mol. The van der Waals surface area contributed by atoms with Crippen LogP contribution in [0, 0.1) is 12.7 Å². The largest absolute Gasteiger partial charge is 0.416 e. The van der Waals surface area contributed by atoms with Crippen molar-refractivity contribution < 1.29 is 17.6 Å². The summed E-state index contributed by atoms with van der Waals surface area (Å²) >= 11 is 0. The Morgan fingerprint density at radius 3 is 2.22 bits per heavy atom. The quantitative estimate of drug-likeness (QED) is 0.640. The smallest absolute Gasteiger partial charge is 0.207 e. The fourth-order valence-corrected chi connectivity index (χ4v) is 1.78. The van der Waals surface area contributed by atoms with E-state index in [0.717, 1.165) is 12.1 Å². The maximum Gasteiger partial charge on any atom is 0.416 e. The molecule has 2 aromatic carbocycles. The lowest BCUT2D eigenvalue weighted by molar-refractivity contribution is -0.137. The van der Waals surface area contributed by atoms with Gasteiger partial charge in [0.2, 0.25) is 0 Å². The Hall–Kier alpha value is -1.84. The molecule has 0 atom stereocenters. The minimum Gasteiger partial charge on any atom is -0.207 e. The molecule has 2 aromatic rings. The summed E-state index contributed by atoms with van der Waals surface area (Å²) in [4.78, 5) is 0. The van der Waals surface area contributed by atoms with E-state index in [2.05, 4.69) is 0 Å². The molecule has 0 saturated carbocycles. The molecule has 0 N–H and O–H groups in total. The third kappa shape index (κ3) is 2.70. The van der Waals surface area contributed by atoms with Crippen molar-refractivity contribution in [2.24, 2.45) is 0 Å². The van der Waals surface area contributed by atoms with Gasteiger partial charge in [-0.15, -0.1) is 0 Å². The fraction of sp³-hybridized carbons (Fsp3) is 0.143. The van der Waals surface area contributed by atoms with Crippen LogP contribution in [0.1, 0.15) is 11.1 Å². The van der Waals surface area contributed by atoms with Gasteiger partial charge in [0.05, 0.1) is 5.56 Å². The van der Waals surface area contributed by atoms with Crippen LogP contribution < -0.4 is 0 Å². The van der Waals surface area contributed by atoms with Crippen molar-refractivity contribution in [2.75, 3.05) is 0 Å². The zero-order valence-electron chi connectivity index (χ0n) is 9.55. The van der Waals surface area contributed by atoms with Crippen molar-refractivity contribution in [1.29, 1.82) is 0 Å². The van der Waals surface area contributed by atoms with Crippen LogP contribution in [0.15, 0.2) is 42.5 Å². The van der Waals surface area contributed by atoms with E-state index in [1.54, 1.807) is 13.0 Å². The molecule has 0 bridgehead atoms. The number of rotatable bonds is 1. The summed E-state index contributed by atoms with van der Waals surface area (Å²) in [6, 6.07) is 9.07. The molecule has 0 aliphatic carbocycles. The first kappa shape index (κ1) is 12.6. The molecule has 18 heavy (non-hydrogen) atoms. The Balaban J connectivity index is 2.51. The molecule has 0 aliphatic rings. The predicted octanol–water partition coefficient (Wildman–Crippen LogP) is 4.82. The third-order valence-electron chi connectivity index (χ3n) is 2.57. The standard InChI is InChI=1S/C14H10F4/c1-9-5-11(8-13(15)6-9)10-3-2-4-12(7-10)14(16,17)18/h2-8H,1H3. The van der Waals surface area contributed by atoms with Crippen LogP contribution in [0.5, 0.6) is 0 Å². The summed E-state index contributed by atoms with van der Waals surface area (Å²) in [5.74, 6) is -0.456. The van der Waals surface area contributed by atoms with E-state index in [1.807, 2.05) is 0 Å². The third-order valence-corrected chi connectivity index (χ3v) is 2.57. The number of aryl methyl sites for hydroxylation is 1. The van der Waals surface area contributed by atoms with Crippen molar-refractivity contribution in [3.8, 4) is 11.1 Å². The highest BCUT2D eigenvalue weighted by molar-refractivity contribution is 5.65. The summed E-state index contributed by atoms with van der Waals surface area (Å²) in [5, 5.41) is 0. The number of hydrogen-bond donors (Lipinski definition) is 0. The minimum absolute atomic E-state index is 0.354. The van der Waals surface area contributed by atoms with Gasteiger partial charge in [-0.1, -0.05) is 18.2 Å². The molecule has 0 aromatic heterocycles. The molecule has 2 rings (SSSR count). The lowest BCUT2D eigenvalue weighted by Crippen LogP contribution is -2.04. The van der Waals surface area contributed by atoms with Gasteiger partial charge in [-0.25, -0.2) is 4.39 Å². The van der Waals surface area contributed by atoms with Gasteiger partial charge in [-0.3, -0.25) is 0 Å². The Bertz CT molecular complexity index is 550. The Morgan fingerprint density at radius 1 is 0.889 bits per heavy atom. The summed E-state index contributed by atoms with van der Waals surface area (Å²) in [5.41, 5.74) is 0.732. The second-order valence-corrected chi connectivity index (χ2v) is 4.10. The van der Waals surface area contributed by atoms with Crippen molar-refractivity contribution in [2.45, 2.75) is 13.1 Å². The zero-order chi connectivity index (χ0) is 13.3. The van der Waals surface area contributed by atoms with Crippen molar-refractivity contribution in [1.82, 2.24) is 0 Å². The molecule has 0 amide bonds. The lowest BCUT2D eigenvalue weighted by atomic mass is 10.0. The monoisotopic (exact) mass is 254 g/mol. The zero-order valence-corrected chi connectivity index (χ0v) is 9.55. The number of benzene rings is 2. The number of hydrogen-bond acceptors (Lipinski definition) is 0. The van der Waals surface area contributed by atoms with Crippen molar-refractivity contribution in [3.63, 3.8) is 0 Å². The predicted molar refractivity (Wildman–Crippen MR) is 61.6 cm³/mol. The van der Waals surface area contributed by atoms with Gasteiger partial charge in [0, 0.05) is 0 Å². The second-order valence-electron chi connectivity index (χ2n) is 4.10. The first-order chi connectivity index (χ1) is 8.36. The summed E-state index contributed by atoms with van der Waals surface area (Å²) in [6.45, 7) is 1.69. The van der Waals surface area contributed by atoms with E-state index >= 15 is 0 Å². The average Bonchev–Trinajstić information content (AvgIpc) is 2.27. The molecular formula is C14H10F4. The van der Waals surface area contributed by atoms with E-state index < -0.39 is 17.6 Å². The van der Waals surface area contributed by atoms with Gasteiger partial charge < -0.3 is 0 Å². The summed E-state index contributed by atoms with van der Waals surface area (Å²) < 4.78 is 50.9. The number of alkyl halides is 3. The maximum atomic E-state index is 13.2. The molecule has 0 unspecified atom stereocenters. The number of halogens is 4. The first-order valence-corrected chi connectivity index (χ1v) is 5.31.